The number of hydrogen-bond donors (Lipinski definition) is 1. The van der Waals surface area contributed by atoms with E-state index >= 15 is 0 Å². The van der Waals surface area contributed by atoms with E-state index in [1.165, 1.54) is 6.42 Å². The molecule has 1 aliphatic rings. The quantitative estimate of drug-likeness (QED) is 0.546. The zero-order chi connectivity index (χ0) is 6.04. The lowest BCUT2D eigenvalue weighted by Crippen LogP contribution is -2.22. The average molecular weight is 113 g/mol. The summed E-state index contributed by atoms with van der Waals surface area (Å²) in [6, 6.07) is 0. The molecule has 1 radical (unpaired) electrons. The van der Waals surface area contributed by atoms with Crippen molar-refractivity contribution in [2.24, 2.45) is 0 Å². The normalized spacial score (nSPS) is 26.2. The second-order valence-corrected chi connectivity index (χ2v) is 2.55. The predicted octanol–water partition coefficient (Wildman–Crippen LogP) is 1.52. The van der Waals surface area contributed by atoms with Crippen LogP contribution in [0.1, 0.15) is 32.6 Å². The highest BCUT2D eigenvalue weighted by Crippen LogP contribution is 2.30. The largest absolute Gasteiger partial charge is 0.390 e. The Kier molecular flexibility index (Phi) is 1.57. The lowest BCUT2D eigenvalue weighted by Gasteiger charge is -2.17. The minimum absolute atomic E-state index is 0.389. The van der Waals surface area contributed by atoms with Crippen molar-refractivity contribution in [3.05, 3.63) is 6.42 Å². The molecule has 0 bridgehead atoms. The third-order valence-corrected chi connectivity index (χ3v) is 1.95. The average Bonchev–Trinajstić information content (AvgIpc) is 2.17. The van der Waals surface area contributed by atoms with Gasteiger partial charge in [0.25, 0.3) is 0 Å². The zero-order valence-corrected chi connectivity index (χ0v) is 5.35. The fourth-order valence-corrected chi connectivity index (χ4v) is 1.20. The SMILES string of the molecule is CCC1(O)[CH]CCC1. The van der Waals surface area contributed by atoms with Crippen molar-refractivity contribution >= 4 is 0 Å². The Balaban J connectivity index is 2.40. The summed E-state index contributed by atoms with van der Waals surface area (Å²) in [6.45, 7) is 2.03. The fourth-order valence-electron chi connectivity index (χ4n) is 1.20. The van der Waals surface area contributed by atoms with Gasteiger partial charge in [-0.2, -0.15) is 0 Å². The van der Waals surface area contributed by atoms with Crippen molar-refractivity contribution in [3.63, 3.8) is 0 Å². The van der Waals surface area contributed by atoms with Crippen LogP contribution in [0.5, 0.6) is 0 Å². The van der Waals surface area contributed by atoms with Crippen LogP contribution in [0.3, 0.4) is 0 Å². The van der Waals surface area contributed by atoms with Crippen molar-refractivity contribution in [1.29, 1.82) is 0 Å². The molecule has 0 aromatic heterocycles. The molecule has 0 spiro atoms. The molecule has 47 valence electrons. The first kappa shape index (κ1) is 6.09. The summed E-state index contributed by atoms with van der Waals surface area (Å²) in [5, 5.41) is 9.44. The molecule has 0 aromatic rings. The van der Waals surface area contributed by atoms with Crippen LogP contribution in [0.15, 0.2) is 0 Å². The Labute approximate surface area is 50.7 Å². The Bertz CT molecular complexity index is 72.5. The smallest absolute Gasteiger partial charge is 0.0676 e. The molecule has 8 heavy (non-hydrogen) atoms. The fraction of sp³-hybridized carbons (Fsp3) is 0.857. The van der Waals surface area contributed by atoms with E-state index in [2.05, 4.69) is 0 Å². The monoisotopic (exact) mass is 113 g/mol. The highest BCUT2D eigenvalue weighted by molar-refractivity contribution is 4.97. The molecule has 0 amide bonds. The minimum Gasteiger partial charge on any atom is -0.390 e. The number of aliphatic hydroxyl groups is 1. The lowest BCUT2D eigenvalue weighted by atomic mass is 10.00. The van der Waals surface area contributed by atoms with E-state index < -0.39 is 0 Å². The summed E-state index contributed by atoms with van der Waals surface area (Å²) in [7, 11) is 0. The molecule has 1 saturated carbocycles. The summed E-state index contributed by atoms with van der Waals surface area (Å²) < 4.78 is 0. The Hall–Kier alpha value is -0.0400. The molecule has 1 heteroatoms. The highest BCUT2D eigenvalue weighted by atomic mass is 16.3. The van der Waals surface area contributed by atoms with Crippen LogP contribution in [0.4, 0.5) is 0 Å². The second kappa shape index (κ2) is 2.06. The molecule has 1 rings (SSSR count). The van der Waals surface area contributed by atoms with Gasteiger partial charge in [0.05, 0.1) is 5.60 Å². The predicted molar refractivity (Wildman–Crippen MR) is 33.4 cm³/mol. The van der Waals surface area contributed by atoms with Crippen LogP contribution in [-0.2, 0) is 0 Å². The molecule has 0 saturated heterocycles. The van der Waals surface area contributed by atoms with E-state index in [1.54, 1.807) is 0 Å². The highest BCUT2D eigenvalue weighted by Gasteiger charge is 2.28. The van der Waals surface area contributed by atoms with E-state index in [0.29, 0.717) is 0 Å². The first-order valence-corrected chi connectivity index (χ1v) is 3.33. The van der Waals surface area contributed by atoms with Crippen LogP contribution in [0.25, 0.3) is 0 Å². The molecule has 1 nitrogen and oxygen atoms in total. The molecular weight excluding hydrogens is 100 g/mol. The van der Waals surface area contributed by atoms with Crippen LogP contribution < -0.4 is 0 Å². The van der Waals surface area contributed by atoms with E-state index in [0.717, 1.165) is 19.3 Å². The first-order chi connectivity index (χ1) is 3.77. The van der Waals surface area contributed by atoms with Crippen molar-refractivity contribution in [1.82, 2.24) is 0 Å². The van der Waals surface area contributed by atoms with E-state index in [-0.39, 0.29) is 5.60 Å². The Morgan fingerprint density at radius 3 is 2.75 bits per heavy atom. The minimum atomic E-state index is -0.389. The van der Waals surface area contributed by atoms with Crippen molar-refractivity contribution in [3.8, 4) is 0 Å². The van der Waals surface area contributed by atoms with Gasteiger partial charge in [0.1, 0.15) is 0 Å². The number of hydrogen-bond acceptors (Lipinski definition) is 1. The zero-order valence-electron chi connectivity index (χ0n) is 5.35. The van der Waals surface area contributed by atoms with Gasteiger partial charge in [-0.25, -0.2) is 0 Å². The third-order valence-electron chi connectivity index (χ3n) is 1.95. The summed E-state index contributed by atoms with van der Waals surface area (Å²) in [5.41, 5.74) is -0.389. The molecule has 1 N–H and O–H groups in total. The van der Waals surface area contributed by atoms with Gasteiger partial charge in [-0.05, 0) is 25.7 Å². The van der Waals surface area contributed by atoms with Gasteiger partial charge < -0.3 is 5.11 Å². The molecule has 1 aliphatic carbocycles. The van der Waals surface area contributed by atoms with Crippen molar-refractivity contribution < 1.29 is 5.11 Å². The Morgan fingerprint density at radius 2 is 2.50 bits per heavy atom. The molecular formula is C7H13O. The Morgan fingerprint density at radius 1 is 1.75 bits per heavy atom. The van der Waals surface area contributed by atoms with Crippen molar-refractivity contribution in [2.45, 2.75) is 38.2 Å². The lowest BCUT2D eigenvalue weighted by molar-refractivity contribution is 0.0776. The molecule has 1 fully saturated rings. The van der Waals surface area contributed by atoms with Gasteiger partial charge in [-0.15, -0.1) is 0 Å². The summed E-state index contributed by atoms with van der Waals surface area (Å²) in [4.78, 5) is 0. The van der Waals surface area contributed by atoms with Gasteiger partial charge in [-0.3, -0.25) is 0 Å². The first-order valence-electron chi connectivity index (χ1n) is 3.33. The summed E-state index contributed by atoms with van der Waals surface area (Å²) >= 11 is 0. The van der Waals surface area contributed by atoms with E-state index in [4.69, 9.17) is 0 Å². The van der Waals surface area contributed by atoms with Gasteiger partial charge in [-0.1, -0.05) is 13.3 Å². The van der Waals surface area contributed by atoms with Crippen LogP contribution in [-0.4, -0.2) is 10.7 Å². The maximum absolute atomic E-state index is 9.44. The third kappa shape index (κ3) is 1.03. The molecule has 0 aliphatic heterocycles. The standard InChI is InChI=1S/C7H13O/c1-2-7(8)5-3-4-6-7/h5,8H,2-4,6H2,1H3. The number of rotatable bonds is 1. The van der Waals surface area contributed by atoms with Gasteiger partial charge >= 0.3 is 0 Å². The molecule has 1 atom stereocenters. The topological polar surface area (TPSA) is 20.2 Å². The maximum atomic E-state index is 9.44. The summed E-state index contributed by atoms with van der Waals surface area (Å²) in [5.74, 6) is 0. The van der Waals surface area contributed by atoms with Crippen LogP contribution in [0, 0.1) is 6.42 Å². The van der Waals surface area contributed by atoms with Gasteiger partial charge in [0, 0.05) is 0 Å². The maximum Gasteiger partial charge on any atom is 0.0676 e. The van der Waals surface area contributed by atoms with Crippen LogP contribution in [0.2, 0.25) is 0 Å². The second-order valence-electron chi connectivity index (χ2n) is 2.55. The van der Waals surface area contributed by atoms with Crippen LogP contribution >= 0.6 is 0 Å². The van der Waals surface area contributed by atoms with E-state index in [9.17, 15) is 5.11 Å². The molecule has 1 unspecified atom stereocenters. The van der Waals surface area contributed by atoms with E-state index in [1.807, 2.05) is 13.3 Å². The van der Waals surface area contributed by atoms with Crippen molar-refractivity contribution in [2.75, 3.05) is 0 Å². The molecule has 0 aromatic carbocycles. The van der Waals surface area contributed by atoms with Gasteiger partial charge in [0.15, 0.2) is 0 Å². The van der Waals surface area contributed by atoms with Gasteiger partial charge in [0.2, 0.25) is 0 Å². The summed E-state index contributed by atoms with van der Waals surface area (Å²) in [6.07, 6.45) is 6.16. The molecule has 0 heterocycles.